The third-order valence-electron chi connectivity index (χ3n) is 5.75. The van der Waals surface area contributed by atoms with Gasteiger partial charge in [-0.1, -0.05) is 54.2 Å². The number of rotatable bonds is 7. The van der Waals surface area contributed by atoms with Gasteiger partial charge in [0.1, 0.15) is 4.83 Å². The molecule has 10 heteroatoms. The lowest BCUT2D eigenvalue weighted by atomic mass is 10.1. The number of thiophene rings is 2. The number of hydrogen-bond donors (Lipinski definition) is 1. The summed E-state index contributed by atoms with van der Waals surface area (Å²) in [6, 6.07) is 17.8. The van der Waals surface area contributed by atoms with Crippen molar-refractivity contribution in [3.8, 4) is 10.4 Å². The van der Waals surface area contributed by atoms with E-state index in [2.05, 4.69) is 11.9 Å². The summed E-state index contributed by atoms with van der Waals surface area (Å²) >= 11 is 4.30. The van der Waals surface area contributed by atoms with Crippen LogP contribution in [-0.4, -0.2) is 46.1 Å². The topological polar surface area (TPSA) is 84.3 Å². The zero-order valence-corrected chi connectivity index (χ0v) is 24.3. The SMILES string of the molecule is C=CCn1c(SCC(=O)Nc2ccc3ccccc3c2)nc2scc(-c3cccs3)c2c1=O.CC(=O)N(C)C. The van der Waals surface area contributed by atoms with Crippen LogP contribution in [0.1, 0.15) is 6.92 Å². The molecule has 39 heavy (non-hydrogen) atoms. The van der Waals surface area contributed by atoms with Gasteiger partial charge in [-0.2, -0.15) is 0 Å². The van der Waals surface area contributed by atoms with Crippen molar-refractivity contribution in [2.24, 2.45) is 0 Å². The van der Waals surface area contributed by atoms with Gasteiger partial charge in [0.05, 0.1) is 11.1 Å². The number of carbonyl (C=O) groups is 2. The number of aromatic nitrogens is 2. The van der Waals surface area contributed by atoms with Crippen molar-refractivity contribution < 1.29 is 9.59 Å². The molecule has 0 aliphatic heterocycles. The van der Waals surface area contributed by atoms with Crippen LogP contribution in [0.5, 0.6) is 0 Å². The Bertz CT molecular complexity index is 1690. The number of amides is 2. The van der Waals surface area contributed by atoms with Gasteiger partial charge in [0.25, 0.3) is 5.56 Å². The molecule has 0 spiro atoms. The lowest BCUT2D eigenvalue weighted by Crippen LogP contribution is -2.23. The summed E-state index contributed by atoms with van der Waals surface area (Å²) < 4.78 is 1.59. The van der Waals surface area contributed by atoms with Gasteiger partial charge in [0.15, 0.2) is 5.16 Å². The first-order valence-corrected chi connectivity index (χ1v) is 14.8. The van der Waals surface area contributed by atoms with Gasteiger partial charge in [-0.05, 0) is 34.4 Å². The molecule has 0 saturated heterocycles. The average molecular weight is 577 g/mol. The van der Waals surface area contributed by atoms with Crippen LogP contribution in [-0.2, 0) is 16.1 Å². The molecule has 2 amide bonds. The fourth-order valence-electron chi connectivity index (χ4n) is 3.61. The number of nitrogens with zero attached hydrogens (tertiary/aromatic N) is 3. The predicted molar refractivity (Wildman–Crippen MR) is 165 cm³/mol. The van der Waals surface area contributed by atoms with Gasteiger partial charge in [0.2, 0.25) is 11.8 Å². The molecule has 0 atom stereocenters. The number of carbonyl (C=O) groups excluding carboxylic acids is 2. The molecule has 5 rings (SSSR count). The van der Waals surface area contributed by atoms with E-state index >= 15 is 0 Å². The van der Waals surface area contributed by atoms with E-state index in [0.29, 0.717) is 21.9 Å². The summed E-state index contributed by atoms with van der Waals surface area (Å²) in [6.07, 6.45) is 1.67. The van der Waals surface area contributed by atoms with Gasteiger partial charge >= 0.3 is 0 Å². The molecule has 0 saturated carbocycles. The predicted octanol–water partition coefficient (Wildman–Crippen LogP) is 6.35. The fourth-order valence-corrected chi connectivity index (χ4v) is 6.22. The van der Waals surface area contributed by atoms with Crippen LogP contribution in [0.3, 0.4) is 0 Å². The molecule has 0 bridgehead atoms. The Hall–Kier alpha value is -3.73. The number of benzene rings is 2. The van der Waals surface area contributed by atoms with Gasteiger partial charge in [-0.15, -0.1) is 29.3 Å². The molecular formula is C29H28N4O3S3. The van der Waals surface area contributed by atoms with Crippen molar-refractivity contribution in [1.82, 2.24) is 14.5 Å². The van der Waals surface area contributed by atoms with Crippen LogP contribution in [0, 0.1) is 0 Å². The Labute approximate surface area is 238 Å². The molecule has 1 N–H and O–H groups in total. The average Bonchev–Trinajstić information content (AvgIpc) is 3.60. The van der Waals surface area contributed by atoms with E-state index in [1.807, 2.05) is 65.4 Å². The van der Waals surface area contributed by atoms with Crippen LogP contribution < -0.4 is 10.9 Å². The number of thioether (sulfide) groups is 1. The fraction of sp³-hybridized carbons (Fsp3) is 0.172. The minimum atomic E-state index is -0.153. The van der Waals surface area contributed by atoms with Gasteiger partial charge in [0, 0.05) is 49.1 Å². The molecular weight excluding hydrogens is 549 g/mol. The van der Waals surface area contributed by atoms with Crippen molar-refractivity contribution in [3.05, 3.63) is 88.4 Å². The van der Waals surface area contributed by atoms with E-state index in [1.54, 1.807) is 36.1 Å². The minimum absolute atomic E-state index is 0.0926. The zero-order chi connectivity index (χ0) is 27.9. The third kappa shape index (κ3) is 6.83. The maximum Gasteiger partial charge on any atom is 0.263 e. The molecule has 0 radical (unpaired) electrons. The highest BCUT2D eigenvalue weighted by molar-refractivity contribution is 7.99. The van der Waals surface area contributed by atoms with Gasteiger partial charge in [-0.25, -0.2) is 4.98 Å². The second-order valence-corrected chi connectivity index (χ2v) is 11.5. The lowest BCUT2D eigenvalue weighted by molar-refractivity contribution is -0.126. The standard InChI is InChI=1S/C25H19N3O2S3.C4H9NO/c1-2-11-28-24(30)22-19(20-8-5-12-31-20)14-32-23(22)27-25(28)33-15-21(29)26-18-10-9-16-6-3-4-7-17(16)13-18;1-4(6)5(2)3/h2-10,12-14H,1,11,15H2,(H,26,29);1-3H3. The number of nitrogens with one attached hydrogen (secondary N) is 1. The Morgan fingerprint density at radius 1 is 1.10 bits per heavy atom. The number of fused-ring (bicyclic) bond motifs is 2. The maximum atomic E-state index is 13.3. The highest BCUT2D eigenvalue weighted by Crippen LogP contribution is 2.34. The summed E-state index contributed by atoms with van der Waals surface area (Å²) in [4.78, 5) is 44.0. The van der Waals surface area contributed by atoms with Crippen LogP contribution in [0.15, 0.2) is 88.0 Å². The van der Waals surface area contributed by atoms with Crippen molar-refractivity contribution in [1.29, 1.82) is 0 Å². The Morgan fingerprint density at radius 3 is 2.51 bits per heavy atom. The summed E-state index contributed by atoms with van der Waals surface area (Å²) in [7, 11) is 3.45. The first-order valence-electron chi connectivity index (χ1n) is 12.0. The summed E-state index contributed by atoms with van der Waals surface area (Å²) in [5, 5.41) is 10.2. The zero-order valence-electron chi connectivity index (χ0n) is 21.8. The molecule has 200 valence electrons. The van der Waals surface area contributed by atoms with E-state index in [-0.39, 0.29) is 23.1 Å². The van der Waals surface area contributed by atoms with Gasteiger partial charge < -0.3 is 10.2 Å². The molecule has 0 unspecified atom stereocenters. The second-order valence-electron chi connectivity index (χ2n) is 8.72. The quantitative estimate of drug-likeness (QED) is 0.139. The first kappa shape index (κ1) is 28.3. The Morgan fingerprint density at radius 2 is 1.85 bits per heavy atom. The summed E-state index contributed by atoms with van der Waals surface area (Å²) in [5.74, 6) is 0.0840. The van der Waals surface area contributed by atoms with E-state index in [1.165, 1.54) is 34.9 Å². The van der Waals surface area contributed by atoms with E-state index in [9.17, 15) is 14.4 Å². The van der Waals surface area contributed by atoms with Crippen molar-refractivity contribution in [3.63, 3.8) is 0 Å². The molecule has 3 heterocycles. The highest BCUT2D eigenvalue weighted by atomic mass is 32.2. The molecule has 7 nitrogen and oxygen atoms in total. The second kappa shape index (κ2) is 12.9. The Balaban J connectivity index is 0.000000531. The monoisotopic (exact) mass is 576 g/mol. The molecule has 0 aliphatic rings. The van der Waals surface area contributed by atoms with Crippen molar-refractivity contribution >= 4 is 72.9 Å². The largest absolute Gasteiger partial charge is 0.349 e. The molecule has 0 fully saturated rings. The van der Waals surface area contributed by atoms with Crippen LogP contribution >= 0.6 is 34.4 Å². The van der Waals surface area contributed by atoms with Crippen LogP contribution in [0.25, 0.3) is 31.4 Å². The molecule has 5 aromatic rings. The number of anilines is 1. The van der Waals surface area contributed by atoms with E-state index < -0.39 is 0 Å². The van der Waals surface area contributed by atoms with Gasteiger partial charge in [-0.3, -0.25) is 19.0 Å². The highest BCUT2D eigenvalue weighted by Gasteiger charge is 2.18. The number of allylic oxidation sites excluding steroid dienone is 1. The maximum absolute atomic E-state index is 13.3. The normalized spacial score (nSPS) is 10.6. The lowest BCUT2D eigenvalue weighted by Gasteiger charge is -2.11. The first-order chi connectivity index (χ1) is 18.8. The smallest absolute Gasteiger partial charge is 0.263 e. The minimum Gasteiger partial charge on any atom is -0.349 e. The third-order valence-corrected chi connectivity index (χ3v) is 8.50. The van der Waals surface area contributed by atoms with Crippen molar-refractivity contribution in [2.45, 2.75) is 18.6 Å². The Kier molecular flexibility index (Phi) is 9.34. The van der Waals surface area contributed by atoms with Crippen LogP contribution in [0.2, 0.25) is 0 Å². The molecule has 3 aromatic heterocycles. The summed E-state index contributed by atoms with van der Waals surface area (Å²) in [5.41, 5.74) is 1.54. The van der Waals surface area contributed by atoms with Crippen molar-refractivity contribution in [2.75, 3.05) is 25.2 Å². The summed E-state index contributed by atoms with van der Waals surface area (Å²) in [6.45, 7) is 5.64. The van der Waals surface area contributed by atoms with Crippen LogP contribution in [0.4, 0.5) is 5.69 Å². The molecule has 2 aromatic carbocycles. The van der Waals surface area contributed by atoms with E-state index in [0.717, 1.165) is 26.9 Å². The van der Waals surface area contributed by atoms with E-state index in [4.69, 9.17) is 4.98 Å². The number of hydrogen-bond acceptors (Lipinski definition) is 7. The molecule has 0 aliphatic carbocycles.